The van der Waals surface area contributed by atoms with Crippen molar-refractivity contribution in [2.24, 2.45) is 0 Å². The molecule has 0 bridgehead atoms. The molecule has 0 heterocycles. The number of carbonyl (C=O) groups is 1. The summed E-state index contributed by atoms with van der Waals surface area (Å²) >= 11 is 0. The lowest BCUT2D eigenvalue weighted by molar-refractivity contribution is -0.132. The lowest BCUT2D eigenvalue weighted by atomic mass is 10.1. The fourth-order valence-corrected chi connectivity index (χ4v) is 2.53. The summed E-state index contributed by atoms with van der Waals surface area (Å²) in [5, 5.41) is 8.95. The van der Waals surface area contributed by atoms with Gasteiger partial charge in [0.1, 0.15) is 0 Å². The van der Waals surface area contributed by atoms with Crippen molar-refractivity contribution < 1.29 is 9.90 Å². The van der Waals surface area contributed by atoms with Gasteiger partial charge < -0.3 is 5.11 Å². The van der Waals surface area contributed by atoms with Crippen LogP contribution in [-0.2, 0) is 4.79 Å². The fourth-order valence-electron chi connectivity index (χ4n) is 2.53. The minimum atomic E-state index is -0.800. The first kappa shape index (κ1) is 21.2. The Morgan fingerprint density at radius 3 is 1.73 bits per heavy atom. The summed E-state index contributed by atoms with van der Waals surface area (Å²) in [6, 6.07) is 0. The fraction of sp³-hybridized carbons (Fsp3) is 0.842. The van der Waals surface area contributed by atoms with Crippen molar-refractivity contribution in [3.63, 3.8) is 0 Å². The summed E-state index contributed by atoms with van der Waals surface area (Å²) in [6.45, 7) is 9.13. The van der Waals surface area contributed by atoms with Crippen molar-refractivity contribution in [3.05, 3.63) is 11.6 Å². The highest BCUT2D eigenvalue weighted by Gasteiger charge is 2.05. The van der Waals surface area contributed by atoms with E-state index in [4.69, 9.17) is 5.11 Å². The molecule has 0 aromatic carbocycles. The molecule has 0 aliphatic rings. The number of nitrogens with zero attached hydrogens (tertiary/aromatic N) is 1. The topological polar surface area (TPSA) is 40.5 Å². The van der Waals surface area contributed by atoms with Gasteiger partial charge in [-0.2, -0.15) is 0 Å². The first-order chi connectivity index (χ1) is 10.6. The molecule has 0 radical (unpaired) electrons. The van der Waals surface area contributed by atoms with Crippen LogP contribution in [0.4, 0.5) is 0 Å². The Morgan fingerprint density at radius 1 is 0.864 bits per heavy atom. The van der Waals surface area contributed by atoms with E-state index in [1.54, 1.807) is 6.92 Å². The molecule has 0 aliphatic carbocycles. The molecule has 0 aromatic heterocycles. The maximum absolute atomic E-state index is 10.9. The standard InChI is InChI=1S/C19H37NO2/c1-4-6-8-10-12-15-20(16-13-11-9-7-5-2)17-14-18(3)19(21)22/h14H,4-13,15-17H2,1-3H3,(H,21,22). The molecule has 0 aromatic rings. The van der Waals surface area contributed by atoms with E-state index >= 15 is 0 Å². The largest absolute Gasteiger partial charge is 0.478 e. The van der Waals surface area contributed by atoms with Crippen LogP contribution in [0.5, 0.6) is 0 Å². The molecule has 1 N–H and O–H groups in total. The van der Waals surface area contributed by atoms with Crippen LogP contribution in [0, 0.1) is 0 Å². The van der Waals surface area contributed by atoms with Crippen molar-refractivity contribution in [1.82, 2.24) is 4.90 Å². The Labute approximate surface area is 137 Å². The van der Waals surface area contributed by atoms with Crippen LogP contribution in [0.2, 0.25) is 0 Å². The molecular formula is C19H37NO2. The van der Waals surface area contributed by atoms with Gasteiger partial charge >= 0.3 is 5.97 Å². The van der Waals surface area contributed by atoms with Crippen LogP contribution in [0.3, 0.4) is 0 Å². The SMILES string of the molecule is CCCCCCCN(CC=C(C)C(=O)O)CCCCCCC. The third-order valence-electron chi connectivity index (χ3n) is 4.15. The van der Waals surface area contributed by atoms with E-state index in [1.807, 2.05) is 6.08 Å². The first-order valence-electron chi connectivity index (χ1n) is 9.24. The molecule has 3 nitrogen and oxygen atoms in total. The second-order valence-corrected chi connectivity index (χ2v) is 6.32. The predicted octanol–water partition coefficient (Wildman–Crippen LogP) is 5.26. The van der Waals surface area contributed by atoms with E-state index in [2.05, 4.69) is 18.7 Å². The molecule has 0 amide bonds. The van der Waals surface area contributed by atoms with Gasteiger partial charge in [-0.25, -0.2) is 4.79 Å². The van der Waals surface area contributed by atoms with E-state index in [0.29, 0.717) is 5.57 Å². The number of unbranched alkanes of at least 4 members (excludes halogenated alkanes) is 8. The van der Waals surface area contributed by atoms with Gasteiger partial charge in [-0.05, 0) is 32.9 Å². The van der Waals surface area contributed by atoms with Crippen LogP contribution in [0.1, 0.15) is 85.0 Å². The Bertz CT molecular complexity index is 286. The average molecular weight is 312 g/mol. The van der Waals surface area contributed by atoms with Crippen molar-refractivity contribution in [3.8, 4) is 0 Å². The van der Waals surface area contributed by atoms with Crippen molar-refractivity contribution >= 4 is 5.97 Å². The van der Waals surface area contributed by atoms with Crippen LogP contribution in [0.25, 0.3) is 0 Å². The zero-order chi connectivity index (χ0) is 16.6. The molecule has 0 saturated carbocycles. The third kappa shape index (κ3) is 12.9. The Balaban J connectivity index is 4.07. The summed E-state index contributed by atoms with van der Waals surface area (Å²) in [5.74, 6) is -0.800. The number of hydrogen-bond acceptors (Lipinski definition) is 2. The molecule has 0 unspecified atom stereocenters. The summed E-state index contributed by atoms with van der Waals surface area (Å²) < 4.78 is 0. The monoisotopic (exact) mass is 311 g/mol. The number of carboxylic acid groups (broad SMARTS) is 1. The van der Waals surface area contributed by atoms with Gasteiger partial charge in [0.05, 0.1) is 0 Å². The van der Waals surface area contributed by atoms with Gasteiger partial charge in [0.2, 0.25) is 0 Å². The van der Waals surface area contributed by atoms with E-state index < -0.39 is 5.97 Å². The van der Waals surface area contributed by atoms with E-state index in [9.17, 15) is 4.79 Å². The van der Waals surface area contributed by atoms with Crippen LogP contribution in [0.15, 0.2) is 11.6 Å². The number of hydrogen-bond donors (Lipinski definition) is 1. The second kappa shape index (κ2) is 15.1. The van der Waals surface area contributed by atoms with Crippen LogP contribution < -0.4 is 0 Å². The van der Waals surface area contributed by atoms with Gasteiger partial charge in [0.15, 0.2) is 0 Å². The second-order valence-electron chi connectivity index (χ2n) is 6.32. The molecule has 130 valence electrons. The highest BCUT2D eigenvalue weighted by Crippen LogP contribution is 2.08. The van der Waals surface area contributed by atoms with E-state index in [1.165, 1.54) is 64.2 Å². The maximum atomic E-state index is 10.9. The highest BCUT2D eigenvalue weighted by molar-refractivity contribution is 5.85. The summed E-state index contributed by atoms with van der Waals surface area (Å²) in [6.07, 6.45) is 14.8. The van der Waals surface area contributed by atoms with Gasteiger partial charge in [0, 0.05) is 12.1 Å². The van der Waals surface area contributed by atoms with E-state index in [0.717, 1.165) is 19.6 Å². The Morgan fingerprint density at radius 2 is 1.32 bits per heavy atom. The lowest BCUT2D eigenvalue weighted by Gasteiger charge is -2.21. The Hall–Kier alpha value is -0.830. The maximum Gasteiger partial charge on any atom is 0.330 e. The highest BCUT2D eigenvalue weighted by atomic mass is 16.4. The molecule has 0 aliphatic heterocycles. The van der Waals surface area contributed by atoms with Crippen molar-refractivity contribution in [2.45, 2.75) is 85.0 Å². The van der Waals surface area contributed by atoms with Gasteiger partial charge in [0.25, 0.3) is 0 Å². The van der Waals surface area contributed by atoms with Crippen LogP contribution >= 0.6 is 0 Å². The molecule has 0 rings (SSSR count). The normalized spacial score (nSPS) is 12.1. The van der Waals surface area contributed by atoms with Gasteiger partial charge in [-0.15, -0.1) is 0 Å². The van der Waals surface area contributed by atoms with E-state index in [-0.39, 0.29) is 0 Å². The molecular weight excluding hydrogens is 274 g/mol. The molecule has 0 saturated heterocycles. The first-order valence-corrected chi connectivity index (χ1v) is 9.24. The molecule has 0 fully saturated rings. The summed E-state index contributed by atoms with van der Waals surface area (Å²) in [7, 11) is 0. The quantitative estimate of drug-likeness (QED) is 0.331. The minimum absolute atomic E-state index is 0.460. The number of rotatable bonds is 15. The number of aliphatic carboxylic acids is 1. The van der Waals surface area contributed by atoms with Gasteiger partial charge in [-0.3, -0.25) is 4.90 Å². The molecule has 0 atom stereocenters. The van der Waals surface area contributed by atoms with Gasteiger partial charge in [-0.1, -0.05) is 71.3 Å². The average Bonchev–Trinajstić information content (AvgIpc) is 2.50. The third-order valence-corrected chi connectivity index (χ3v) is 4.15. The zero-order valence-corrected chi connectivity index (χ0v) is 15.1. The molecule has 3 heteroatoms. The zero-order valence-electron chi connectivity index (χ0n) is 15.1. The minimum Gasteiger partial charge on any atom is -0.478 e. The lowest BCUT2D eigenvalue weighted by Crippen LogP contribution is -2.26. The smallest absolute Gasteiger partial charge is 0.330 e. The van der Waals surface area contributed by atoms with Crippen LogP contribution in [-0.4, -0.2) is 35.6 Å². The predicted molar refractivity (Wildman–Crippen MR) is 95.4 cm³/mol. The summed E-state index contributed by atoms with van der Waals surface area (Å²) in [5.41, 5.74) is 0.460. The van der Waals surface area contributed by atoms with Crippen molar-refractivity contribution in [2.75, 3.05) is 19.6 Å². The Kier molecular flexibility index (Phi) is 14.5. The number of carboxylic acids is 1. The molecule has 0 spiro atoms. The summed E-state index contributed by atoms with van der Waals surface area (Å²) in [4.78, 5) is 13.3. The molecule has 22 heavy (non-hydrogen) atoms. The van der Waals surface area contributed by atoms with Crippen molar-refractivity contribution in [1.29, 1.82) is 0 Å².